The van der Waals surface area contributed by atoms with E-state index < -0.39 is 9.84 Å². The van der Waals surface area contributed by atoms with Crippen LogP contribution in [0.3, 0.4) is 0 Å². The number of hydrogen-bond acceptors (Lipinski definition) is 6. The first-order valence-electron chi connectivity index (χ1n) is 8.90. The van der Waals surface area contributed by atoms with Gasteiger partial charge in [-0.15, -0.1) is 11.3 Å². The lowest BCUT2D eigenvalue weighted by Crippen LogP contribution is -2.62. The number of rotatable bonds is 5. The second-order valence-electron chi connectivity index (χ2n) is 6.97. The Bertz CT molecular complexity index is 910. The van der Waals surface area contributed by atoms with Gasteiger partial charge in [-0.05, 0) is 42.1 Å². The molecule has 2 saturated heterocycles. The number of carbonyl (C=O) groups excluding carboxylic acids is 1. The Morgan fingerprint density at radius 3 is 2.56 bits per heavy atom. The van der Waals surface area contributed by atoms with Gasteiger partial charge in [0.25, 0.3) is 0 Å². The number of fused-ring (bicyclic) bond motifs is 1. The highest BCUT2D eigenvalue weighted by molar-refractivity contribution is 7.91. The highest BCUT2D eigenvalue weighted by Gasteiger charge is 2.49. The van der Waals surface area contributed by atoms with Crippen LogP contribution in [0.5, 0.6) is 5.75 Å². The summed E-state index contributed by atoms with van der Waals surface area (Å²) in [7, 11) is -1.58. The van der Waals surface area contributed by atoms with Gasteiger partial charge in [-0.2, -0.15) is 0 Å². The van der Waals surface area contributed by atoms with Gasteiger partial charge in [0.1, 0.15) is 5.75 Å². The van der Waals surface area contributed by atoms with E-state index in [9.17, 15) is 13.2 Å². The number of piperazine rings is 1. The zero-order chi connectivity index (χ0) is 19.0. The van der Waals surface area contributed by atoms with Crippen molar-refractivity contribution in [3.63, 3.8) is 0 Å². The number of carbonyl (C=O) groups is 1. The number of anilines is 1. The molecule has 1 aromatic heterocycles. The molecular formula is C19H22N2O4S2. The molecule has 1 amide bonds. The predicted octanol–water partition coefficient (Wildman–Crippen LogP) is 1.81. The average molecular weight is 407 g/mol. The van der Waals surface area contributed by atoms with Gasteiger partial charge in [0.05, 0.1) is 31.2 Å². The fourth-order valence-electron chi connectivity index (χ4n) is 3.99. The van der Waals surface area contributed by atoms with E-state index in [1.807, 2.05) is 23.6 Å². The lowest BCUT2D eigenvalue weighted by molar-refractivity contribution is -0.123. The summed E-state index contributed by atoms with van der Waals surface area (Å²) in [4.78, 5) is 17.9. The molecule has 8 heteroatoms. The molecule has 27 heavy (non-hydrogen) atoms. The molecule has 2 unspecified atom stereocenters. The normalized spacial score (nSPS) is 24.8. The number of methoxy groups -OCH3 is 1. The number of sulfone groups is 1. The van der Waals surface area contributed by atoms with Crippen LogP contribution in [0.15, 0.2) is 41.8 Å². The van der Waals surface area contributed by atoms with Crippen LogP contribution in [-0.4, -0.2) is 63.0 Å². The van der Waals surface area contributed by atoms with Crippen LogP contribution in [0.2, 0.25) is 0 Å². The van der Waals surface area contributed by atoms with Crippen molar-refractivity contribution in [2.24, 2.45) is 0 Å². The number of thiophene rings is 1. The standard InChI is InChI=1S/C19H22N2O4S2/c1-25-15-6-4-14(5-7-15)21-18-13-27(23,24)12-17(18)20(11-19(21)22)9-8-16-3-2-10-26-16/h2-7,10,17-18H,8-9,11-13H2,1H3. The molecule has 0 spiro atoms. The topological polar surface area (TPSA) is 66.9 Å². The number of nitrogens with zero attached hydrogens (tertiary/aromatic N) is 2. The van der Waals surface area contributed by atoms with Crippen molar-refractivity contribution >= 4 is 32.8 Å². The van der Waals surface area contributed by atoms with Crippen LogP contribution < -0.4 is 9.64 Å². The number of benzene rings is 1. The molecule has 3 heterocycles. The number of ether oxygens (including phenoxy) is 1. The summed E-state index contributed by atoms with van der Waals surface area (Å²) in [6.45, 7) is 0.938. The van der Waals surface area contributed by atoms with Gasteiger partial charge < -0.3 is 9.64 Å². The summed E-state index contributed by atoms with van der Waals surface area (Å²) in [6, 6.07) is 10.8. The molecule has 0 saturated carbocycles. The monoisotopic (exact) mass is 406 g/mol. The highest BCUT2D eigenvalue weighted by atomic mass is 32.2. The molecule has 2 aromatic rings. The van der Waals surface area contributed by atoms with Gasteiger partial charge in [-0.3, -0.25) is 9.69 Å². The first-order valence-corrected chi connectivity index (χ1v) is 11.6. The summed E-state index contributed by atoms with van der Waals surface area (Å²) in [5.74, 6) is 0.786. The Kier molecular flexibility index (Phi) is 4.96. The average Bonchev–Trinajstić information content (AvgIpc) is 3.26. The van der Waals surface area contributed by atoms with Crippen molar-refractivity contribution in [1.29, 1.82) is 0 Å². The Balaban J connectivity index is 1.59. The van der Waals surface area contributed by atoms with E-state index in [1.54, 1.807) is 35.5 Å². The molecule has 2 aliphatic rings. The molecule has 0 aliphatic carbocycles. The Hall–Kier alpha value is -1.90. The van der Waals surface area contributed by atoms with Gasteiger partial charge >= 0.3 is 0 Å². The van der Waals surface area contributed by atoms with Crippen molar-refractivity contribution < 1.29 is 17.9 Å². The fraction of sp³-hybridized carbons (Fsp3) is 0.421. The first kappa shape index (κ1) is 18.5. The minimum atomic E-state index is -3.17. The van der Waals surface area contributed by atoms with Crippen LogP contribution in [0.1, 0.15) is 4.88 Å². The van der Waals surface area contributed by atoms with Crippen LogP contribution in [-0.2, 0) is 21.1 Å². The summed E-state index contributed by atoms with van der Waals surface area (Å²) in [5.41, 5.74) is 0.728. The molecular weight excluding hydrogens is 384 g/mol. The molecule has 2 aliphatic heterocycles. The third-order valence-corrected chi connectivity index (χ3v) is 7.91. The SMILES string of the molecule is COc1ccc(N2C(=O)CN(CCc3cccs3)C3CS(=O)(=O)CC32)cc1. The minimum absolute atomic E-state index is 0.0188. The van der Waals surface area contributed by atoms with Gasteiger partial charge in [-0.25, -0.2) is 8.42 Å². The van der Waals surface area contributed by atoms with Crippen LogP contribution in [0.4, 0.5) is 5.69 Å². The van der Waals surface area contributed by atoms with E-state index >= 15 is 0 Å². The van der Waals surface area contributed by atoms with Gasteiger partial charge in [0, 0.05) is 23.2 Å². The minimum Gasteiger partial charge on any atom is -0.497 e. The first-order chi connectivity index (χ1) is 13.0. The van der Waals surface area contributed by atoms with Gasteiger partial charge in [-0.1, -0.05) is 6.07 Å². The second kappa shape index (κ2) is 7.26. The smallest absolute Gasteiger partial charge is 0.241 e. The molecule has 1 aromatic carbocycles. The highest BCUT2D eigenvalue weighted by Crippen LogP contribution is 2.32. The molecule has 0 N–H and O–H groups in total. The van der Waals surface area contributed by atoms with Crippen LogP contribution >= 0.6 is 11.3 Å². The number of amides is 1. The molecule has 6 nitrogen and oxygen atoms in total. The maximum Gasteiger partial charge on any atom is 0.241 e. The van der Waals surface area contributed by atoms with E-state index in [1.165, 1.54) is 4.88 Å². The van der Waals surface area contributed by atoms with E-state index in [4.69, 9.17) is 4.74 Å². The molecule has 2 fully saturated rings. The molecule has 144 valence electrons. The molecule has 2 atom stereocenters. The van der Waals surface area contributed by atoms with Crippen molar-refractivity contribution in [1.82, 2.24) is 4.90 Å². The third-order valence-electron chi connectivity index (χ3n) is 5.28. The quantitative estimate of drug-likeness (QED) is 0.758. The summed E-state index contributed by atoms with van der Waals surface area (Å²) in [5, 5.41) is 2.03. The maximum atomic E-state index is 12.9. The van der Waals surface area contributed by atoms with E-state index in [0.29, 0.717) is 12.3 Å². The Morgan fingerprint density at radius 2 is 1.89 bits per heavy atom. The lowest BCUT2D eigenvalue weighted by atomic mass is 10.0. The zero-order valence-corrected chi connectivity index (χ0v) is 16.7. The summed E-state index contributed by atoms with van der Waals surface area (Å²) >= 11 is 1.69. The predicted molar refractivity (Wildman–Crippen MR) is 106 cm³/mol. The zero-order valence-electron chi connectivity index (χ0n) is 15.1. The maximum absolute atomic E-state index is 12.9. The van der Waals surface area contributed by atoms with Crippen molar-refractivity contribution in [2.45, 2.75) is 18.5 Å². The number of hydrogen-bond donors (Lipinski definition) is 0. The lowest BCUT2D eigenvalue weighted by Gasteiger charge is -2.43. The van der Waals surface area contributed by atoms with E-state index in [0.717, 1.165) is 12.1 Å². The van der Waals surface area contributed by atoms with Gasteiger partial charge in [0.15, 0.2) is 9.84 Å². The van der Waals surface area contributed by atoms with E-state index in [-0.39, 0.29) is 36.0 Å². The van der Waals surface area contributed by atoms with Crippen molar-refractivity contribution in [3.05, 3.63) is 46.7 Å². The van der Waals surface area contributed by atoms with Crippen LogP contribution in [0, 0.1) is 0 Å². The van der Waals surface area contributed by atoms with Crippen LogP contribution in [0.25, 0.3) is 0 Å². The Morgan fingerprint density at radius 1 is 1.15 bits per heavy atom. The third kappa shape index (κ3) is 3.74. The molecule has 0 bridgehead atoms. The van der Waals surface area contributed by atoms with Gasteiger partial charge in [0.2, 0.25) is 5.91 Å². The summed E-state index contributed by atoms with van der Waals surface area (Å²) < 4.78 is 29.9. The second-order valence-corrected chi connectivity index (χ2v) is 10.2. The molecule has 0 radical (unpaired) electrons. The van der Waals surface area contributed by atoms with Crippen molar-refractivity contribution in [3.8, 4) is 5.75 Å². The molecule has 4 rings (SSSR count). The largest absolute Gasteiger partial charge is 0.497 e. The van der Waals surface area contributed by atoms with Crippen molar-refractivity contribution in [2.75, 3.05) is 36.6 Å². The fourth-order valence-corrected chi connectivity index (χ4v) is 6.67. The summed E-state index contributed by atoms with van der Waals surface area (Å²) in [6.07, 6.45) is 0.830. The Labute approximate surface area is 163 Å². The van der Waals surface area contributed by atoms with E-state index in [2.05, 4.69) is 11.0 Å².